The lowest BCUT2D eigenvalue weighted by molar-refractivity contribution is -0.184. The number of allylic oxidation sites excluding steroid dienone is 2. The number of benzene rings is 1. The molecule has 6 nitrogen and oxygen atoms in total. The molecule has 3 fully saturated rings. The van der Waals surface area contributed by atoms with Crippen LogP contribution in [0, 0.1) is 36.2 Å². The number of carbonyl (C=O) groups excluding carboxylic acids is 1. The van der Waals surface area contributed by atoms with Gasteiger partial charge in [0, 0.05) is 40.8 Å². The smallest absolute Gasteiger partial charge is 0.251 e. The molecule has 5 rings (SSSR count). The number of anilines is 1. The quantitative estimate of drug-likeness (QED) is 0.225. The van der Waals surface area contributed by atoms with E-state index in [0.29, 0.717) is 31.4 Å². The molecule has 2 N–H and O–H groups in total. The summed E-state index contributed by atoms with van der Waals surface area (Å²) in [6, 6.07) is 3.13. The summed E-state index contributed by atoms with van der Waals surface area (Å²) in [5.41, 5.74) is 0.560. The van der Waals surface area contributed by atoms with Gasteiger partial charge < -0.3 is 10.4 Å². The van der Waals surface area contributed by atoms with Crippen molar-refractivity contribution in [2.45, 2.75) is 56.8 Å². The molecule has 3 saturated carbocycles. The topological polar surface area (TPSA) is 96.4 Å². The molecule has 0 radical (unpaired) electrons. The third-order valence-corrected chi connectivity index (χ3v) is 10.3. The van der Waals surface area contributed by atoms with Crippen molar-refractivity contribution in [3.63, 3.8) is 0 Å². The minimum Gasteiger partial charge on any atom is -0.385 e. The van der Waals surface area contributed by atoms with E-state index >= 15 is 0 Å². The van der Waals surface area contributed by atoms with E-state index in [2.05, 4.69) is 10.3 Å². The maximum absolute atomic E-state index is 13.5. The number of nitrogens with zero attached hydrogens (tertiary/aromatic N) is 1. The Kier molecular flexibility index (Phi) is 8.58. The normalized spacial score (nSPS) is 25.3. The van der Waals surface area contributed by atoms with Crippen LogP contribution in [0.15, 0.2) is 53.4 Å². The van der Waals surface area contributed by atoms with Gasteiger partial charge in [-0.3, -0.25) is 9.78 Å². The number of hydrogen-bond acceptors (Lipinski definition) is 5. The van der Waals surface area contributed by atoms with Gasteiger partial charge in [-0.25, -0.2) is 21.6 Å². The van der Waals surface area contributed by atoms with E-state index < -0.39 is 49.8 Å². The van der Waals surface area contributed by atoms with Gasteiger partial charge in [-0.15, -0.1) is 0 Å². The highest BCUT2D eigenvalue weighted by molar-refractivity contribution is 7.92. The van der Waals surface area contributed by atoms with Crippen LogP contribution in [0.1, 0.15) is 50.2 Å². The molecular weight excluding hydrogens is 553 g/mol. The average Bonchev–Trinajstić information content (AvgIpc) is 2.89. The van der Waals surface area contributed by atoms with Crippen LogP contribution in [0.5, 0.6) is 0 Å². The number of amides is 1. The second-order valence-corrected chi connectivity index (χ2v) is 13.1. The Bertz CT molecular complexity index is 1410. The van der Waals surface area contributed by atoms with E-state index in [0.717, 1.165) is 17.5 Å². The summed E-state index contributed by atoms with van der Waals surface area (Å²) in [7, 11) is -3.64. The van der Waals surface area contributed by atoms with E-state index in [1.54, 1.807) is 18.5 Å². The van der Waals surface area contributed by atoms with Gasteiger partial charge in [0.15, 0.2) is 27.3 Å². The summed E-state index contributed by atoms with van der Waals surface area (Å²) in [4.78, 5) is 16.7. The molecule has 2 atom stereocenters. The Balaban J connectivity index is 1.43. The van der Waals surface area contributed by atoms with Gasteiger partial charge in [0.1, 0.15) is 0 Å². The lowest BCUT2D eigenvalue weighted by Crippen LogP contribution is -2.60. The number of pyridine rings is 1. The summed E-state index contributed by atoms with van der Waals surface area (Å²) in [5.74, 6) is -5.97. The van der Waals surface area contributed by atoms with Crippen LogP contribution in [0.2, 0.25) is 0 Å². The number of rotatable bonds is 9. The number of aromatic nitrogens is 1. The van der Waals surface area contributed by atoms with Gasteiger partial charge >= 0.3 is 0 Å². The van der Waals surface area contributed by atoms with Crippen LogP contribution in [0.4, 0.5) is 18.9 Å². The summed E-state index contributed by atoms with van der Waals surface area (Å²) in [6.07, 6.45) is 8.27. The fourth-order valence-electron chi connectivity index (χ4n) is 5.74. The van der Waals surface area contributed by atoms with Gasteiger partial charge in [0.25, 0.3) is 5.91 Å². The van der Waals surface area contributed by atoms with E-state index in [1.165, 1.54) is 12.2 Å². The van der Waals surface area contributed by atoms with Gasteiger partial charge in [-0.2, -0.15) is 0 Å². The highest BCUT2D eigenvalue weighted by Crippen LogP contribution is 2.60. The lowest BCUT2D eigenvalue weighted by Gasteiger charge is -2.58. The molecule has 2 bridgehead atoms. The second kappa shape index (κ2) is 11.4. The van der Waals surface area contributed by atoms with Crippen LogP contribution in [-0.2, 0) is 20.2 Å². The van der Waals surface area contributed by atoms with Crippen LogP contribution in [0.25, 0.3) is 0 Å². The zero-order valence-electron chi connectivity index (χ0n) is 21.6. The molecule has 11 heteroatoms. The van der Waals surface area contributed by atoms with Crippen molar-refractivity contribution in [1.82, 2.24) is 4.98 Å². The number of fused-ring (bicyclic) bond motifs is 2. The number of nitrogens with one attached hydrogen (secondary N) is 1. The molecule has 1 heterocycles. The fraction of sp³-hybridized carbons (Fsp3) is 0.429. The molecular formula is C28H30ClF3N2O4S. The maximum Gasteiger partial charge on any atom is 0.251 e. The van der Waals surface area contributed by atoms with Crippen LogP contribution < -0.4 is 5.32 Å². The molecule has 0 aliphatic heterocycles. The predicted molar refractivity (Wildman–Crippen MR) is 143 cm³/mol. The van der Waals surface area contributed by atoms with Gasteiger partial charge in [0.2, 0.25) is 0 Å². The molecule has 210 valence electrons. The fourth-order valence-corrected chi connectivity index (χ4v) is 8.03. The third kappa shape index (κ3) is 5.93. The van der Waals surface area contributed by atoms with E-state index in [9.17, 15) is 31.5 Å². The molecule has 2 unspecified atom stereocenters. The first kappa shape index (κ1) is 29.3. The van der Waals surface area contributed by atoms with Crippen LogP contribution in [-0.4, -0.2) is 35.4 Å². The molecule has 2 aromatic rings. The van der Waals surface area contributed by atoms with Crippen molar-refractivity contribution in [2.75, 3.05) is 11.1 Å². The molecule has 3 aliphatic carbocycles. The van der Waals surface area contributed by atoms with E-state index in [4.69, 9.17) is 11.6 Å². The van der Waals surface area contributed by atoms with E-state index in [-0.39, 0.29) is 34.5 Å². The summed E-state index contributed by atoms with van der Waals surface area (Å²) in [5, 5.41) is 13.1. The first-order valence-electron chi connectivity index (χ1n) is 12.7. The van der Waals surface area contributed by atoms with Gasteiger partial charge in [-0.05, 0) is 67.7 Å². The van der Waals surface area contributed by atoms with Crippen molar-refractivity contribution in [3.8, 4) is 0 Å². The Morgan fingerprint density at radius 1 is 1.18 bits per heavy atom. The Hall–Kier alpha value is -2.69. The van der Waals surface area contributed by atoms with Crippen LogP contribution in [0.3, 0.4) is 0 Å². The Morgan fingerprint density at radius 3 is 2.41 bits per heavy atom. The molecule has 3 aliphatic rings. The van der Waals surface area contributed by atoms with Crippen molar-refractivity contribution in [2.24, 2.45) is 11.8 Å². The van der Waals surface area contributed by atoms with Crippen molar-refractivity contribution in [1.29, 1.82) is 0 Å². The number of carbonyl (C=O) groups is 1. The molecule has 1 aromatic carbocycles. The molecule has 1 aromatic heterocycles. The van der Waals surface area contributed by atoms with Crippen molar-refractivity contribution in [3.05, 3.63) is 81.9 Å². The SMILES string of the molecule is CCC/C(=C\C=C(\Cl)CS(=O)(=O)C1CC2CC(C1)C2(O)c1ccncc1C)C(=O)Nc1cc(F)c(F)c(F)c1. The molecule has 0 saturated heterocycles. The first-order chi connectivity index (χ1) is 18.4. The zero-order chi connectivity index (χ0) is 28.5. The zero-order valence-corrected chi connectivity index (χ0v) is 23.1. The monoisotopic (exact) mass is 582 g/mol. The van der Waals surface area contributed by atoms with Crippen LogP contribution >= 0.6 is 11.6 Å². The Morgan fingerprint density at radius 2 is 1.82 bits per heavy atom. The highest BCUT2D eigenvalue weighted by Gasteiger charge is 2.60. The third-order valence-electron chi connectivity index (χ3n) is 7.73. The molecule has 0 spiro atoms. The number of aryl methyl sites for hydroxylation is 1. The standard InChI is InChI=1S/C28H30ClF3N2O4S/c1-3-4-17(27(35)34-21-12-24(30)26(32)25(31)13-21)5-6-20(29)15-39(37,38)22-10-18-9-19(11-22)28(18,36)23-7-8-33-14-16(23)2/h5-8,12-14,18-19,22,36H,3-4,9-11,15H2,1-2H3,(H,34,35)/b17-5+,20-6+. The first-order valence-corrected chi connectivity index (χ1v) is 14.8. The predicted octanol–water partition coefficient (Wildman–Crippen LogP) is 5.70. The summed E-state index contributed by atoms with van der Waals surface area (Å²) < 4.78 is 66.6. The molecule has 39 heavy (non-hydrogen) atoms. The van der Waals surface area contributed by atoms with Gasteiger partial charge in [-0.1, -0.05) is 31.0 Å². The largest absolute Gasteiger partial charge is 0.385 e. The maximum atomic E-state index is 13.5. The van der Waals surface area contributed by atoms with E-state index in [1.807, 2.05) is 13.8 Å². The van der Waals surface area contributed by atoms with Crippen molar-refractivity contribution >= 4 is 33.0 Å². The second-order valence-electron chi connectivity index (χ2n) is 10.3. The average molecular weight is 583 g/mol. The number of halogens is 4. The van der Waals surface area contributed by atoms with Crippen molar-refractivity contribution < 1.29 is 31.5 Å². The summed E-state index contributed by atoms with van der Waals surface area (Å²) in [6.45, 7) is 3.70. The summed E-state index contributed by atoms with van der Waals surface area (Å²) >= 11 is 6.28. The number of hydrogen-bond donors (Lipinski definition) is 2. The Labute approximate surface area is 230 Å². The lowest BCUT2D eigenvalue weighted by atomic mass is 9.51. The highest BCUT2D eigenvalue weighted by atomic mass is 35.5. The number of aliphatic hydroxyl groups is 1. The molecule has 1 amide bonds. The minimum atomic E-state index is -3.64. The number of sulfone groups is 1. The minimum absolute atomic E-state index is 0.00904. The van der Waals surface area contributed by atoms with Gasteiger partial charge in [0.05, 0.1) is 16.6 Å².